The maximum Gasteiger partial charge on any atom is 0.222 e. The number of hydrogen-bond donors (Lipinski definition) is 0. The first-order chi connectivity index (χ1) is 10.7. The summed E-state index contributed by atoms with van der Waals surface area (Å²) in [4.78, 5) is 13.9. The summed E-state index contributed by atoms with van der Waals surface area (Å²) >= 11 is 0. The van der Waals surface area contributed by atoms with Crippen LogP contribution >= 0.6 is 0 Å². The molecule has 1 heterocycles. The fourth-order valence-corrected chi connectivity index (χ4v) is 3.37. The van der Waals surface area contributed by atoms with Crippen LogP contribution in [0.15, 0.2) is 0 Å². The molecule has 0 aromatic heterocycles. The van der Waals surface area contributed by atoms with Crippen molar-refractivity contribution < 1.29 is 4.79 Å². The molecular formula is C20H39NO. The quantitative estimate of drug-likeness (QED) is 0.385. The van der Waals surface area contributed by atoms with Gasteiger partial charge in [-0.2, -0.15) is 0 Å². The number of unbranched alkanes of at least 4 members (excludes halogenated alkanes) is 9. The fraction of sp³-hybridized carbons (Fsp3) is 0.950. The average Bonchev–Trinajstić information content (AvgIpc) is 3.02. The summed E-state index contributed by atoms with van der Waals surface area (Å²) in [5.74, 6) is 1.27. The number of nitrogens with zero attached hydrogens (tertiary/aromatic N) is 1. The van der Waals surface area contributed by atoms with Crippen molar-refractivity contribution >= 4 is 5.91 Å². The molecule has 2 heteroatoms. The van der Waals surface area contributed by atoms with Gasteiger partial charge in [0.15, 0.2) is 0 Å². The number of hydrogen-bond acceptors (Lipinski definition) is 1. The van der Waals surface area contributed by atoms with E-state index in [4.69, 9.17) is 0 Å². The number of carbonyl (C=O) groups excluding carboxylic acids is 1. The van der Waals surface area contributed by atoms with Gasteiger partial charge >= 0.3 is 0 Å². The van der Waals surface area contributed by atoms with Crippen molar-refractivity contribution in [1.29, 1.82) is 0 Å². The van der Waals surface area contributed by atoms with Crippen LogP contribution in [0, 0.1) is 5.92 Å². The van der Waals surface area contributed by atoms with Crippen molar-refractivity contribution in [1.82, 2.24) is 4.90 Å². The molecule has 0 atom stereocenters. The van der Waals surface area contributed by atoms with Crippen molar-refractivity contribution in [2.75, 3.05) is 13.1 Å². The highest BCUT2D eigenvalue weighted by molar-refractivity contribution is 5.76. The molecule has 1 amide bonds. The van der Waals surface area contributed by atoms with Crippen LogP contribution < -0.4 is 0 Å². The summed E-state index contributed by atoms with van der Waals surface area (Å²) in [6.07, 6.45) is 18.1. The van der Waals surface area contributed by atoms with Crippen LogP contribution in [0.2, 0.25) is 0 Å². The molecule has 0 aromatic carbocycles. The SMILES string of the molecule is CC(C)CCCCCCCCCCCCC(=O)N1CCCC1. The molecule has 0 spiro atoms. The normalized spacial score (nSPS) is 15.0. The van der Waals surface area contributed by atoms with E-state index in [1.807, 2.05) is 0 Å². The Bertz CT molecular complexity index is 269. The lowest BCUT2D eigenvalue weighted by Crippen LogP contribution is -2.27. The Hall–Kier alpha value is -0.530. The lowest BCUT2D eigenvalue weighted by molar-refractivity contribution is -0.130. The Kier molecular flexibility index (Phi) is 11.5. The molecule has 130 valence electrons. The van der Waals surface area contributed by atoms with Gasteiger partial charge in [0.1, 0.15) is 0 Å². The molecule has 0 bridgehead atoms. The highest BCUT2D eigenvalue weighted by Gasteiger charge is 2.16. The first kappa shape index (κ1) is 19.5. The van der Waals surface area contributed by atoms with Crippen molar-refractivity contribution in [3.63, 3.8) is 0 Å². The average molecular weight is 310 g/mol. The van der Waals surface area contributed by atoms with Gasteiger partial charge in [0, 0.05) is 19.5 Å². The van der Waals surface area contributed by atoms with Crippen LogP contribution in [0.4, 0.5) is 0 Å². The zero-order chi connectivity index (χ0) is 16.0. The third-order valence-electron chi connectivity index (χ3n) is 4.88. The monoisotopic (exact) mass is 309 g/mol. The zero-order valence-electron chi connectivity index (χ0n) is 15.2. The molecule has 1 aliphatic heterocycles. The molecule has 0 unspecified atom stereocenters. The second-order valence-electron chi connectivity index (χ2n) is 7.56. The predicted octanol–water partition coefficient (Wildman–Crippen LogP) is 5.95. The Morgan fingerprint density at radius 3 is 1.73 bits per heavy atom. The largest absolute Gasteiger partial charge is 0.343 e. The van der Waals surface area contributed by atoms with Gasteiger partial charge < -0.3 is 4.90 Å². The van der Waals surface area contributed by atoms with E-state index >= 15 is 0 Å². The highest BCUT2D eigenvalue weighted by Crippen LogP contribution is 2.15. The van der Waals surface area contributed by atoms with Crippen LogP contribution in [0.3, 0.4) is 0 Å². The third-order valence-corrected chi connectivity index (χ3v) is 4.88. The van der Waals surface area contributed by atoms with Crippen LogP contribution in [0.1, 0.15) is 104 Å². The van der Waals surface area contributed by atoms with Crippen molar-refractivity contribution in [2.24, 2.45) is 5.92 Å². The first-order valence-electron chi connectivity index (χ1n) is 9.98. The van der Waals surface area contributed by atoms with Crippen LogP contribution in [-0.2, 0) is 4.79 Å². The van der Waals surface area contributed by atoms with Crippen molar-refractivity contribution in [3.8, 4) is 0 Å². The number of likely N-dealkylation sites (tertiary alicyclic amines) is 1. The molecular weight excluding hydrogens is 270 g/mol. The summed E-state index contributed by atoms with van der Waals surface area (Å²) in [6.45, 7) is 6.66. The van der Waals surface area contributed by atoms with E-state index in [-0.39, 0.29) is 0 Å². The van der Waals surface area contributed by atoms with Crippen molar-refractivity contribution in [3.05, 3.63) is 0 Å². The zero-order valence-corrected chi connectivity index (χ0v) is 15.2. The summed E-state index contributed by atoms with van der Waals surface area (Å²) in [7, 11) is 0. The Morgan fingerprint density at radius 2 is 1.23 bits per heavy atom. The third kappa shape index (κ3) is 10.2. The molecule has 1 saturated heterocycles. The Labute approximate surface area is 139 Å². The number of amides is 1. The minimum absolute atomic E-state index is 0.402. The maximum atomic E-state index is 11.9. The smallest absolute Gasteiger partial charge is 0.222 e. The van der Waals surface area contributed by atoms with Gasteiger partial charge in [-0.3, -0.25) is 4.79 Å². The number of rotatable bonds is 13. The van der Waals surface area contributed by atoms with Gasteiger partial charge in [0.05, 0.1) is 0 Å². The highest BCUT2D eigenvalue weighted by atomic mass is 16.2. The summed E-state index contributed by atoms with van der Waals surface area (Å²) in [5, 5.41) is 0. The van der Waals surface area contributed by atoms with E-state index in [1.54, 1.807) is 0 Å². The lowest BCUT2D eigenvalue weighted by atomic mass is 10.0. The molecule has 1 aliphatic rings. The molecule has 1 fully saturated rings. The molecule has 1 rings (SSSR count). The van der Waals surface area contributed by atoms with E-state index < -0.39 is 0 Å². The van der Waals surface area contributed by atoms with E-state index in [2.05, 4.69) is 18.7 Å². The van der Waals surface area contributed by atoms with E-state index in [9.17, 15) is 4.79 Å². The molecule has 0 saturated carbocycles. The van der Waals surface area contributed by atoms with Crippen LogP contribution in [-0.4, -0.2) is 23.9 Å². The maximum absolute atomic E-state index is 11.9. The fourth-order valence-electron chi connectivity index (χ4n) is 3.37. The molecule has 0 radical (unpaired) electrons. The van der Waals surface area contributed by atoms with Crippen LogP contribution in [0.25, 0.3) is 0 Å². The topological polar surface area (TPSA) is 20.3 Å². The van der Waals surface area contributed by atoms with Gasteiger partial charge in [0.25, 0.3) is 0 Å². The summed E-state index contributed by atoms with van der Waals surface area (Å²) < 4.78 is 0. The summed E-state index contributed by atoms with van der Waals surface area (Å²) in [6, 6.07) is 0. The van der Waals surface area contributed by atoms with E-state index in [0.717, 1.165) is 31.8 Å². The van der Waals surface area contributed by atoms with Gasteiger partial charge in [-0.25, -0.2) is 0 Å². The van der Waals surface area contributed by atoms with E-state index in [0.29, 0.717) is 5.91 Å². The molecule has 0 N–H and O–H groups in total. The van der Waals surface area contributed by atoms with E-state index in [1.165, 1.54) is 77.0 Å². The molecule has 2 nitrogen and oxygen atoms in total. The first-order valence-corrected chi connectivity index (χ1v) is 9.98. The lowest BCUT2D eigenvalue weighted by Gasteiger charge is -2.14. The minimum atomic E-state index is 0.402. The summed E-state index contributed by atoms with van der Waals surface area (Å²) in [5.41, 5.74) is 0. The minimum Gasteiger partial charge on any atom is -0.343 e. The van der Waals surface area contributed by atoms with Gasteiger partial charge in [-0.15, -0.1) is 0 Å². The van der Waals surface area contributed by atoms with Crippen molar-refractivity contribution in [2.45, 2.75) is 104 Å². The van der Waals surface area contributed by atoms with Gasteiger partial charge in [-0.05, 0) is 25.2 Å². The predicted molar refractivity (Wildman–Crippen MR) is 96.1 cm³/mol. The van der Waals surface area contributed by atoms with Crippen LogP contribution in [0.5, 0.6) is 0 Å². The molecule has 22 heavy (non-hydrogen) atoms. The Balaban J connectivity index is 1.75. The second-order valence-corrected chi connectivity index (χ2v) is 7.56. The molecule has 0 aliphatic carbocycles. The number of carbonyl (C=O) groups is 1. The standard InChI is InChI=1S/C20H39NO/c1-19(2)15-11-9-7-5-3-4-6-8-10-12-16-20(22)21-17-13-14-18-21/h19H,3-18H2,1-2H3. The Morgan fingerprint density at radius 1 is 0.773 bits per heavy atom. The van der Waals surface area contributed by atoms with Gasteiger partial charge in [-0.1, -0.05) is 78.1 Å². The second kappa shape index (κ2) is 13.0. The molecule has 0 aromatic rings. The van der Waals surface area contributed by atoms with Gasteiger partial charge in [0.2, 0.25) is 5.91 Å².